The van der Waals surface area contributed by atoms with Crippen LogP contribution in [0.25, 0.3) is 0 Å². The normalized spacial score (nSPS) is 12.8. The van der Waals surface area contributed by atoms with Crippen molar-refractivity contribution in [3.8, 4) is 0 Å². The number of pyridine rings is 1. The fraction of sp³-hybridized carbons (Fsp3) is 0.571. The van der Waals surface area contributed by atoms with Gasteiger partial charge in [-0.3, -0.25) is 4.79 Å². The standard InChI is InChI=1S/C14H22BrN3O/c1-10(2)8-11(9-18(3)4)17-14(19)12-6-5-7-16-13(12)15/h5-7,10-11H,8-9H2,1-4H3,(H,17,19). The smallest absolute Gasteiger partial charge is 0.254 e. The SMILES string of the molecule is CC(C)CC(CN(C)C)NC(=O)c1cccnc1Br. The number of carbonyl (C=O) groups excluding carboxylic acids is 1. The third-order valence-electron chi connectivity index (χ3n) is 2.68. The maximum Gasteiger partial charge on any atom is 0.254 e. The van der Waals surface area contributed by atoms with Gasteiger partial charge in [0.05, 0.1) is 5.56 Å². The van der Waals surface area contributed by atoms with Crippen LogP contribution in [-0.2, 0) is 0 Å². The third kappa shape index (κ3) is 5.70. The van der Waals surface area contributed by atoms with Crippen molar-refractivity contribution in [3.05, 3.63) is 28.5 Å². The van der Waals surface area contributed by atoms with Crippen molar-refractivity contribution in [2.45, 2.75) is 26.3 Å². The van der Waals surface area contributed by atoms with E-state index in [1.807, 2.05) is 14.1 Å². The van der Waals surface area contributed by atoms with Gasteiger partial charge in [-0.05, 0) is 54.5 Å². The van der Waals surface area contributed by atoms with Crippen LogP contribution in [0.15, 0.2) is 22.9 Å². The van der Waals surface area contributed by atoms with E-state index >= 15 is 0 Å². The monoisotopic (exact) mass is 327 g/mol. The molecule has 1 N–H and O–H groups in total. The van der Waals surface area contributed by atoms with Crippen LogP contribution in [0.3, 0.4) is 0 Å². The van der Waals surface area contributed by atoms with Gasteiger partial charge in [0.15, 0.2) is 0 Å². The Morgan fingerprint density at radius 1 is 1.47 bits per heavy atom. The molecule has 0 saturated heterocycles. The quantitative estimate of drug-likeness (QED) is 0.817. The van der Waals surface area contributed by atoms with Gasteiger partial charge in [-0.15, -0.1) is 0 Å². The van der Waals surface area contributed by atoms with E-state index in [0.717, 1.165) is 13.0 Å². The van der Waals surface area contributed by atoms with Gasteiger partial charge in [-0.25, -0.2) is 4.98 Å². The molecule has 0 aliphatic heterocycles. The van der Waals surface area contributed by atoms with Crippen LogP contribution in [0.5, 0.6) is 0 Å². The van der Waals surface area contributed by atoms with Gasteiger partial charge in [0.1, 0.15) is 4.60 Å². The molecular weight excluding hydrogens is 306 g/mol. The highest BCUT2D eigenvalue weighted by Gasteiger charge is 2.17. The Morgan fingerprint density at radius 3 is 2.68 bits per heavy atom. The predicted molar refractivity (Wildman–Crippen MR) is 81.2 cm³/mol. The first-order valence-corrected chi connectivity index (χ1v) is 7.25. The zero-order chi connectivity index (χ0) is 14.4. The van der Waals surface area contributed by atoms with E-state index in [0.29, 0.717) is 16.1 Å². The minimum absolute atomic E-state index is 0.0764. The van der Waals surface area contributed by atoms with Gasteiger partial charge in [0.2, 0.25) is 0 Å². The molecule has 0 fully saturated rings. The van der Waals surface area contributed by atoms with E-state index in [1.165, 1.54) is 0 Å². The van der Waals surface area contributed by atoms with Crippen LogP contribution < -0.4 is 5.32 Å². The molecule has 0 aliphatic rings. The Hall–Kier alpha value is -0.940. The molecule has 19 heavy (non-hydrogen) atoms. The van der Waals surface area contributed by atoms with Crippen molar-refractivity contribution < 1.29 is 4.79 Å². The van der Waals surface area contributed by atoms with Gasteiger partial charge >= 0.3 is 0 Å². The minimum Gasteiger partial charge on any atom is -0.348 e. The second-order valence-electron chi connectivity index (χ2n) is 5.40. The topological polar surface area (TPSA) is 45.2 Å². The summed E-state index contributed by atoms with van der Waals surface area (Å²) in [4.78, 5) is 18.4. The molecule has 0 aliphatic carbocycles. The van der Waals surface area contributed by atoms with Crippen LogP contribution in [0.2, 0.25) is 0 Å². The maximum absolute atomic E-state index is 12.2. The van der Waals surface area contributed by atoms with Crippen molar-refractivity contribution in [2.75, 3.05) is 20.6 Å². The summed E-state index contributed by atoms with van der Waals surface area (Å²) in [5.41, 5.74) is 0.579. The number of carbonyl (C=O) groups is 1. The van der Waals surface area contributed by atoms with Gasteiger partial charge < -0.3 is 10.2 Å². The highest BCUT2D eigenvalue weighted by molar-refractivity contribution is 9.10. The summed E-state index contributed by atoms with van der Waals surface area (Å²) in [6.45, 7) is 5.16. The van der Waals surface area contributed by atoms with E-state index < -0.39 is 0 Å². The number of hydrogen-bond donors (Lipinski definition) is 1. The zero-order valence-corrected chi connectivity index (χ0v) is 13.6. The lowest BCUT2D eigenvalue weighted by Crippen LogP contribution is -2.42. The van der Waals surface area contributed by atoms with Crippen LogP contribution in [-0.4, -0.2) is 42.5 Å². The Balaban J connectivity index is 2.73. The Morgan fingerprint density at radius 2 is 2.16 bits per heavy atom. The highest BCUT2D eigenvalue weighted by atomic mass is 79.9. The number of likely N-dealkylation sites (N-methyl/N-ethyl adjacent to an activating group) is 1. The summed E-state index contributed by atoms with van der Waals surface area (Å²) in [7, 11) is 4.03. The lowest BCUT2D eigenvalue weighted by molar-refractivity contribution is 0.0923. The van der Waals surface area contributed by atoms with Crippen molar-refractivity contribution >= 4 is 21.8 Å². The Bertz CT molecular complexity index is 411. The molecule has 1 atom stereocenters. The van der Waals surface area contributed by atoms with Crippen LogP contribution in [0, 0.1) is 5.92 Å². The molecule has 0 aromatic carbocycles. The largest absolute Gasteiger partial charge is 0.348 e. The van der Waals surface area contributed by atoms with E-state index in [-0.39, 0.29) is 11.9 Å². The number of aromatic nitrogens is 1. The molecule has 1 aromatic heterocycles. The molecule has 106 valence electrons. The minimum atomic E-state index is -0.0764. The number of rotatable bonds is 6. The van der Waals surface area contributed by atoms with E-state index in [1.54, 1.807) is 18.3 Å². The summed E-state index contributed by atoms with van der Waals surface area (Å²) in [6, 6.07) is 3.69. The molecule has 0 bridgehead atoms. The van der Waals surface area contributed by atoms with Crippen LogP contribution in [0.1, 0.15) is 30.6 Å². The summed E-state index contributed by atoms with van der Waals surface area (Å²) in [5, 5.41) is 3.09. The number of amides is 1. The fourth-order valence-corrected chi connectivity index (χ4v) is 2.44. The molecular formula is C14H22BrN3O. The highest BCUT2D eigenvalue weighted by Crippen LogP contribution is 2.13. The lowest BCUT2D eigenvalue weighted by Gasteiger charge is -2.24. The molecule has 0 radical (unpaired) electrons. The first-order valence-electron chi connectivity index (χ1n) is 6.46. The summed E-state index contributed by atoms with van der Waals surface area (Å²) < 4.78 is 0.584. The molecule has 1 aromatic rings. The van der Waals surface area contributed by atoms with E-state index in [2.05, 4.69) is 45.0 Å². The summed E-state index contributed by atoms with van der Waals surface area (Å²) >= 11 is 3.31. The number of halogens is 1. The maximum atomic E-state index is 12.2. The van der Waals surface area contributed by atoms with Gasteiger partial charge in [0, 0.05) is 18.8 Å². The molecule has 0 spiro atoms. The van der Waals surface area contributed by atoms with Gasteiger partial charge in [0.25, 0.3) is 5.91 Å². The Labute approximate surface area is 123 Å². The molecule has 1 rings (SSSR count). The molecule has 4 nitrogen and oxygen atoms in total. The summed E-state index contributed by atoms with van der Waals surface area (Å²) in [6.07, 6.45) is 2.62. The third-order valence-corrected chi connectivity index (χ3v) is 3.31. The second-order valence-corrected chi connectivity index (χ2v) is 6.16. The number of nitrogens with one attached hydrogen (secondary N) is 1. The summed E-state index contributed by atoms with van der Waals surface area (Å²) in [5.74, 6) is 0.468. The first kappa shape index (κ1) is 16.1. The number of nitrogens with zero attached hydrogens (tertiary/aromatic N) is 2. The lowest BCUT2D eigenvalue weighted by atomic mass is 10.0. The van der Waals surface area contributed by atoms with Crippen LogP contribution in [0.4, 0.5) is 0 Å². The average molecular weight is 328 g/mol. The van der Waals surface area contributed by atoms with Crippen molar-refractivity contribution in [1.82, 2.24) is 15.2 Å². The van der Waals surface area contributed by atoms with Gasteiger partial charge in [-0.2, -0.15) is 0 Å². The van der Waals surface area contributed by atoms with Crippen molar-refractivity contribution in [3.63, 3.8) is 0 Å². The number of hydrogen-bond acceptors (Lipinski definition) is 3. The Kier molecular flexibility index (Phi) is 6.45. The first-order chi connectivity index (χ1) is 8.90. The molecule has 0 saturated carbocycles. The fourth-order valence-electron chi connectivity index (χ4n) is 2.01. The predicted octanol–water partition coefficient (Wildman–Crippen LogP) is 2.55. The van der Waals surface area contributed by atoms with E-state index in [4.69, 9.17) is 0 Å². The molecule has 1 unspecified atom stereocenters. The average Bonchev–Trinajstić information content (AvgIpc) is 2.27. The van der Waals surface area contributed by atoms with Crippen molar-refractivity contribution in [2.24, 2.45) is 5.92 Å². The van der Waals surface area contributed by atoms with Crippen molar-refractivity contribution in [1.29, 1.82) is 0 Å². The van der Waals surface area contributed by atoms with E-state index in [9.17, 15) is 4.79 Å². The van der Waals surface area contributed by atoms with Crippen LogP contribution >= 0.6 is 15.9 Å². The molecule has 1 heterocycles. The molecule has 1 amide bonds. The molecule has 5 heteroatoms. The van der Waals surface area contributed by atoms with Gasteiger partial charge in [-0.1, -0.05) is 13.8 Å². The second kappa shape index (κ2) is 7.60. The zero-order valence-electron chi connectivity index (χ0n) is 12.0.